The number of rotatable bonds is 3. The maximum Gasteiger partial charge on any atom is 0.242 e. The molecule has 1 heterocycles. The summed E-state index contributed by atoms with van der Waals surface area (Å²) in [5, 5.41) is 14.5. The molecule has 5 nitrogen and oxygen atoms in total. The van der Waals surface area contributed by atoms with Gasteiger partial charge in [-0.3, -0.25) is 0 Å². The van der Waals surface area contributed by atoms with Crippen molar-refractivity contribution < 1.29 is 0 Å². The minimum absolute atomic E-state index is 0.768. The van der Waals surface area contributed by atoms with Gasteiger partial charge >= 0.3 is 0 Å². The van der Waals surface area contributed by atoms with Crippen LogP contribution in [0.4, 0.5) is 5.95 Å². The van der Waals surface area contributed by atoms with Crippen LogP contribution in [-0.2, 0) is 7.05 Å². The lowest BCUT2D eigenvalue weighted by Gasteiger charge is -2.15. The van der Waals surface area contributed by atoms with E-state index in [0.717, 1.165) is 24.3 Å². The molecule has 2 atom stereocenters. The quantitative estimate of drug-likeness (QED) is 0.783. The summed E-state index contributed by atoms with van der Waals surface area (Å²) in [5.41, 5.74) is 0. The molecule has 0 aromatic carbocycles. The van der Waals surface area contributed by atoms with Crippen LogP contribution in [-0.4, -0.2) is 26.8 Å². The fraction of sp³-hybridized carbons (Fsp3) is 0.889. The first-order chi connectivity index (χ1) is 6.77. The molecule has 0 aliphatic heterocycles. The molecule has 1 aliphatic carbocycles. The molecule has 0 spiro atoms. The normalized spacial score (nSPS) is 26.7. The molecule has 1 aliphatic rings. The Morgan fingerprint density at radius 3 is 2.93 bits per heavy atom. The highest BCUT2D eigenvalue weighted by molar-refractivity contribution is 5.20. The molecular formula is C9H17N5. The Morgan fingerprint density at radius 1 is 1.50 bits per heavy atom. The highest BCUT2D eigenvalue weighted by Crippen LogP contribution is 2.30. The van der Waals surface area contributed by atoms with E-state index in [1.54, 1.807) is 4.68 Å². The van der Waals surface area contributed by atoms with Crippen molar-refractivity contribution in [2.75, 3.05) is 11.9 Å². The van der Waals surface area contributed by atoms with Gasteiger partial charge in [-0.05, 0) is 28.7 Å². The van der Waals surface area contributed by atoms with Gasteiger partial charge in [-0.2, -0.15) is 0 Å². The van der Waals surface area contributed by atoms with Gasteiger partial charge in [0, 0.05) is 13.6 Å². The lowest BCUT2D eigenvalue weighted by Crippen LogP contribution is -2.18. The molecule has 0 amide bonds. The Bertz CT molecular complexity index is 295. The van der Waals surface area contributed by atoms with E-state index < -0.39 is 0 Å². The molecular weight excluding hydrogens is 178 g/mol. The molecule has 1 aromatic heterocycles. The molecule has 2 unspecified atom stereocenters. The van der Waals surface area contributed by atoms with E-state index in [1.807, 2.05) is 7.05 Å². The Morgan fingerprint density at radius 2 is 2.36 bits per heavy atom. The standard InChI is InChI=1S/C9H17N5/c1-7-4-3-5-8(7)6-10-9-11-12-13-14(9)2/h7-8H,3-6H2,1-2H3,(H,10,11,13). The molecule has 0 saturated heterocycles. The minimum atomic E-state index is 0.768. The predicted molar refractivity (Wildman–Crippen MR) is 53.8 cm³/mol. The van der Waals surface area contributed by atoms with Crippen molar-refractivity contribution in [1.29, 1.82) is 0 Å². The average molecular weight is 195 g/mol. The summed E-state index contributed by atoms with van der Waals surface area (Å²) >= 11 is 0. The molecule has 14 heavy (non-hydrogen) atoms. The van der Waals surface area contributed by atoms with Gasteiger partial charge in [0.05, 0.1) is 0 Å². The smallest absolute Gasteiger partial charge is 0.242 e. The van der Waals surface area contributed by atoms with Gasteiger partial charge in [-0.15, -0.1) is 0 Å². The van der Waals surface area contributed by atoms with Crippen LogP contribution >= 0.6 is 0 Å². The van der Waals surface area contributed by atoms with E-state index in [9.17, 15) is 0 Å². The van der Waals surface area contributed by atoms with Crippen molar-refractivity contribution in [2.24, 2.45) is 18.9 Å². The number of aryl methyl sites for hydroxylation is 1. The fourth-order valence-electron chi connectivity index (χ4n) is 2.13. The van der Waals surface area contributed by atoms with Gasteiger partial charge < -0.3 is 5.32 Å². The maximum absolute atomic E-state index is 3.89. The second kappa shape index (κ2) is 3.94. The summed E-state index contributed by atoms with van der Waals surface area (Å²) in [6.07, 6.45) is 4.06. The van der Waals surface area contributed by atoms with Crippen molar-refractivity contribution in [3.8, 4) is 0 Å². The average Bonchev–Trinajstić information content (AvgIpc) is 2.72. The minimum Gasteiger partial charge on any atom is -0.353 e. The third kappa shape index (κ3) is 1.86. The zero-order valence-electron chi connectivity index (χ0n) is 8.77. The van der Waals surface area contributed by atoms with E-state index in [1.165, 1.54) is 19.3 Å². The van der Waals surface area contributed by atoms with E-state index in [2.05, 4.69) is 27.8 Å². The second-order valence-electron chi connectivity index (χ2n) is 4.18. The zero-order chi connectivity index (χ0) is 9.97. The second-order valence-corrected chi connectivity index (χ2v) is 4.18. The van der Waals surface area contributed by atoms with Crippen LogP contribution in [0.5, 0.6) is 0 Å². The van der Waals surface area contributed by atoms with Gasteiger partial charge in [-0.1, -0.05) is 24.9 Å². The van der Waals surface area contributed by atoms with E-state index >= 15 is 0 Å². The molecule has 1 fully saturated rings. The first-order valence-corrected chi connectivity index (χ1v) is 5.23. The number of nitrogens with zero attached hydrogens (tertiary/aromatic N) is 4. The van der Waals surface area contributed by atoms with Crippen molar-refractivity contribution >= 4 is 5.95 Å². The van der Waals surface area contributed by atoms with Crippen LogP contribution in [0.1, 0.15) is 26.2 Å². The monoisotopic (exact) mass is 195 g/mol. The number of aromatic nitrogens is 4. The van der Waals surface area contributed by atoms with Gasteiger partial charge in [0.2, 0.25) is 5.95 Å². The summed E-state index contributed by atoms with van der Waals surface area (Å²) < 4.78 is 1.67. The van der Waals surface area contributed by atoms with Gasteiger partial charge in [0.15, 0.2) is 0 Å². The zero-order valence-corrected chi connectivity index (χ0v) is 8.77. The van der Waals surface area contributed by atoms with Crippen LogP contribution < -0.4 is 5.32 Å². The first kappa shape index (κ1) is 9.43. The number of nitrogens with one attached hydrogen (secondary N) is 1. The van der Waals surface area contributed by atoms with Crippen LogP contribution in [0.2, 0.25) is 0 Å². The maximum atomic E-state index is 3.89. The molecule has 1 saturated carbocycles. The van der Waals surface area contributed by atoms with E-state index in [4.69, 9.17) is 0 Å². The molecule has 1 aromatic rings. The number of tetrazole rings is 1. The SMILES string of the molecule is CC1CCCC1CNc1nnnn1C. The van der Waals surface area contributed by atoms with Crippen LogP contribution in [0.15, 0.2) is 0 Å². The van der Waals surface area contributed by atoms with Gasteiger partial charge in [-0.25, -0.2) is 4.68 Å². The highest BCUT2D eigenvalue weighted by atomic mass is 15.6. The summed E-state index contributed by atoms with van der Waals surface area (Å²) in [6, 6.07) is 0. The molecule has 1 N–H and O–H groups in total. The summed E-state index contributed by atoms with van der Waals surface area (Å²) in [5.74, 6) is 2.39. The Labute approximate surface area is 83.9 Å². The topological polar surface area (TPSA) is 55.6 Å². The first-order valence-electron chi connectivity index (χ1n) is 5.23. The van der Waals surface area contributed by atoms with Crippen molar-refractivity contribution in [3.05, 3.63) is 0 Å². The van der Waals surface area contributed by atoms with E-state index in [0.29, 0.717) is 0 Å². The lowest BCUT2D eigenvalue weighted by atomic mass is 9.98. The third-order valence-electron chi connectivity index (χ3n) is 3.18. The number of anilines is 1. The van der Waals surface area contributed by atoms with Crippen LogP contribution in [0.25, 0.3) is 0 Å². The van der Waals surface area contributed by atoms with Gasteiger partial charge in [0.1, 0.15) is 0 Å². The lowest BCUT2D eigenvalue weighted by molar-refractivity contribution is 0.438. The molecule has 78 valence electrons. The number of hydrogen-bond donors (Lipinski definition) is 1. The molecule has 0 bridgehead atoms. The van der Waals surface area contributed by atoms with Crippen molar-refractivity contribution in [2.45, 2.75) is 26.2 Å². The largest absolute Gasteiger partial charge is 0.353 e. The Hall–Kier alpha value is -1.13. The Balaban J connectivity index is 1.85. The fourth-order valence-corrected chi connectivity index (χ4v) is 2.13. The Kier molecular flexibility index (Phi) is 2.65. The third-order valence-corrected chi connectivity index (χ3v) is 3.18. The van der Waals surface area contributed by atoms with Gasteiger partial charge in [0.25, 0.3) is 0 Å². The van der Waals surface area contributed by atoms with Crippen molar-refractivity contribution in [1.82, 2.24) is 20.2 Å². The predicted octanol–water partition coefficient (Wildman–Crippen LogP) is 1.06. The van der Waals surface area contributed by atoms with Crippen LogP contribution in [0, 0.1) is 11.8 Å². The van der Waals surface area contributed by atoms with Crippen LogP contribution in [0.3, 0.4) is 0 Å². The summed E-state index contributed by atoms with van der Waals surface area (Å²) in [4.78, 5) is 0. The molecule has 2 rings (SSSR count). The number of hydrogen-bond acceptors (Lipinski definition) is 4. The van der Waals surface area contributed by atoms with E-state index in [-0.39, 0.29) is 0 Å². The summed E-state index contributed by atoms with van der Waals surface area (Å²) in [7, 11) is 1.85. The molecule has 5 heteroatoms. The summed E-state index contributed by atoms with van der Waals surface area (Å²) in [6.45, 7) is 3.32. The van der Waals surface area contributed by atoms with Crippen molar-refractivity contribution in [3.63, 3.8) is 0 Å². The molecule has 0 radical (unpaired) electrons. The highest BCUT2D eigenvalue weighted by Gasteiger charge is 2.23.